The van der Waals surface area contributed by atoms with Gasteiger partial charge < -0.3 is 10.6 Å². The SMILES string of the molecule is CN1CCCC(N2CCCC(CCN)C2)C1. The van der Waals surface area contributed by atoms with Gasteiger partial charge in [0.2, 0.25) is 0 Å². The third kappa shape index (κ3) is 3.19. The number of hydrogen-bond acceptors (Lipinski definition) is 3. The number of nitrogens with two attached hydrogens (primary N) is 1. The summed E-state index contributed by atoms with van der Waals surface area (Å²) in [6.07, 6.45) is 6.78. The van der Waals surface area contributed by atoms with Crippen LogP contribution in [0.15, 0.2) is 0 Å². The van der Waals surface area contributed by atoms with Crippen LogP contribution in [0.4, 0.5) is 0 Å². The van der Waals surface area contributed by atoms with Crippen molar-refractivity contribution >= 4 is 0 Å². The third-order valence-electron chi connectivity index (χ3n) is 4.24. The van der Waals surface area contributed by atoms with Gasteiger partial charge in [0.05, 0.1) is 0 Å². The van der Waals surface area contributed by atoms with Crippen LogP contribution in [-0.4, -0.2) is 55.6 Å². The molecule has 2 fully saturated rings. The third-order valence-corrected chi connectivity index (χ3v) is 4.24. The van der Waals surface area contributed by atoms with Gasteiger partial charge in [0, 0.05) is 19.1 Å². The van der Waals surface area contributed by atoms with Crippen LogP contribution in [0.3, 0.4) is 0 Å². The summed E-state index contributed by atoms with van der Waals surface area (Å²) in [5, 5.41) is 0. The van der Waals surface area contributed by atoms with E-state index in [-0.39, 0.29) is 0 Å². The highest BCUT2D eigenvalue weighted by Gasteiger charge is 2.27. The van der Waals surface area contributed by atoms with Gasteiger partial charge in [-0.25, -0.2) is 0 Å². The maximum Gasteiger partial charge on any atom is 0.0223 e. The summed E-state index contributed by atoms with van der Waals surface area (Å²) in [7, 11) is 2.26. The highest BCUT2D eigenvalue weighted by molar-refractivity contribution is 4.83. The molecule has 2 heterocycles. The molecule has 0 aromatic heterocycles. The van der Waals surface area contributed by atoms with Crippen LogP contribution < -0.4 is 5.73 Å². The number of likely N-dealkylation sites (N-methyl/N-ethyl adjacent to an activating group) is 1. The van der Waals surface area contributed by atoms with E-state index in [1.165, 1.54) is 58.3 Å². The second-order valence-corrected chi connectivity index (χ2v) is 5.64. The molecule has 16 heavy (non-hydrogen) atoms. The number of likely N-dealkylation sites (tertiary alicyclic amines) is 2. The lowest BCUT2D eigenvalue weighted by Gasteiger charge is -2.42. The summed E-state index contributed by atoms with van der Waals surface area (Å²) in [6.45, 7) is 6.05. The zero-order valence-corrected chi connectivity index (χ0v) is 10.7. The predicted molar refractivity (Wildman–Crippen MR) is 68.5 cm³/mol. The molecule has 0 radical (unpaired) electrons. The highest BCUT2D eigenvalue weighted by atomic mass is 15.2. The normalized spacial score (nSPS) is 34.1. The Labute approximate surface area is 100.0 Å². The minimum absolute atomic E-state index is 0.819. The van der Waals surface area contributed by atoms with E-state index in [9.17, 15) is 0 Å². The Morgan fingerprint density at radius 3 is 2.69 bits per heavy atom. The molecule has 2 aliphatic rings. The van der Waals surface area contributed by atoms with Crippen LogP contribution in [0.5, 0.6) is 0 Å². The van der Waals surface area contributed by atoms with Crippen LogP contribution in [-0.2, 0) is 0 Å². The topological polar surface area (TPSA) is 32.5 Å². The Kier molecular flexibility index (Phi) is 4.62. The van der Waals surface area contributed by atoms with Gasteiger partial charge in [-0.15, -0.1) is 0 Å². The second-order valence-electron chi connectivity index (χ2n) is 5.64. The number of rotatable bonds is 3. The molecule has 0 spiro atoms. The smallest absolute Gasteiger partial charge is 0.0223 e. The summed E-state index contributed by atoms with van der Waals surface area (Å²) < 4.78 is 0. The lowest BCUT2D eigenvalue weighted by Crippen LogP contribution is -2.50. The van der Waals surface area contributed by atoms with Gasteiger partial charge in [-0.1, -0.05) is 0 Å². The molecule has 2 saturated heterocycles. The standard InChI is InChI=1S/C13H27N3/c1-15-8-3-5-13(11-15)16-9-2-4-12(10-16)6-7-14/h12-13H,2-11,14H2,1H3. The first-order valence-electron chi connectivity index (χ1n) is 6.92. The number of nitrogens with zero attached hydrogens (tertiary/aromatic N) is 2. The molecule has 0 bridgehead atoms. The van der Waals surface area contributed by atoms with Gasteiger partial charge in [0.1, 0.15) is 0 Å². The maximum absolute atomic E-state index is 5.68. The van der Waals surface area contributed by atoms with Crippen LogP contribution >= 0.6 is 0 Å². The van der Waals surface area contributed by atoms with E-state index in [4.69, 9.17) is 5.73 Å². The Hall–Kier alpha value is -0.120. The van der Waals surface area contributed by atoms with E-state index in [0.717, 1.165) is 18.5 Å². The molecule has 0 aromatic rings. The molecular formula is C13H27N3. The molecule has 2 aliphatic heterocycles. The van der Waals surface area contributed by atoms with Crippen molar-refractivity contribution in [1.82, 2.24) is 9.80 Å². The first-order chi connectivity index (χ1) is 7.79. The molecule has 2 atom stereocenters. The van der Waals surface area contributed by atoms with Crippen molar-refractivity contribution in [1.29, 1.82) is 0 Å². The number of piperidine rings is 2. The van der Waals surface area contributed by atoms with Crippen molar-refractivity contribution in [3.05, 3.63) is 0 Å². The average molecular weight is 225 g/mol. The highest BCUT2D eigenvalue weighted by Crippen LogP contribution is 2.24. The first kappa shape index (κ1) is 12.3. The zero-order valence-electron chi connectivity index (χ0n) is 10.7. The fourth-order valence-electron chi connectivity index (χ4n) is 3.34. The fraction of sp³-hybridized carbons (Fsp3) is 1.00. The van der Waals surface area contributed by atoms with Gasteiger partial charge in [-0.3, -0.25) is 4.90 Å². The van der Waals surface area contributed by atoms with Crippen molar-refractivity contribution < 1.29 is 0 Å². The molecule has 94 valence electrons. The molecule has 2 unspecified atom stereocenters. The molecule has 0 aliphatic carbocycles. The quantitative estimate of drug-likeness (QED) is 0.782. The summed E-state index contributed by atoms with van der Waals surface area (Å²) in [6, 6.07) is 0.819. The molecule has 0 aromatic carbocycles. The number of hydrogen-bond donors (Lipinski definition) is 1. The van der Waals surface area contributed by atoms with Crippen molar-refractivity contribution in [3.63, 3.8) is 0 Å². The maximum atomic E-state index is 5.68. The van der Waals surface area contributed by atoms with E-state index in [1.54, 1.807) is 0 Å². The summed E-state index contributed by atoms with van der Waals surface area (Å²) in [4.78, 5) is 5.22. The summed E-state index contributed by atoms with van der Waals surface area (Å²) in [5.74, 6) is 0.867. The second kappa shape index (κ2) is 5.99. The van der Waals surface area contributed by atoms with Gasteiger partial charge in [-0.2, -0.15) is 0 Å². The Morgan fingerprint density at radius 2 is 1.94 bits per heavy atom. The molecule has 3 nitrogen and oxygen atoms in total. The zero-order chi connectivity index (χ0) is 11.4. The van der Waals surface area contributed by atoms with E-state index < -0.39 is 0 Å². The van der Waals surface area contributed by atoms with Crippen molar-refractivity contribution in [3.8, 4) is 0 Å². The van der Waals surface area contributed by atoms with Gasteiger partial charge in [-0.05, 0) is 64.7 Å². The summed E-state index contributed by atoms with van der Waals surface area (Å²) >= 11 is 0. The molecule has 2 rings (SSSR count). The van der Waals surface area contributed by atoms with Crippen LogP contribution in [0.1, 0.15) is 32.1 Å². The first-order valence-corrected chi connectivity index (χ1v) is 6.92. The Balaban J connectivity index is 1.83. The predicted octanol–water partition coefficient (Wildman–Crippen LogP) is 1.14. The van der Waals surface area contributed by atoms with Crippen molar-refractivity contribution in [2.75, 3.05) is 39.8 Å². The van der Waals surface area contributed by atoms with E-state index in [0.29, 0.717) is 0 Å². The minimum Gasteiger partial charge on any atom is -0.330 e. The summed E-state index contributed by atoms with van der Waals surface area (Å²) in [5.41, 5.74) is 5.68. The average Bonchev–Trinajstić information content (AvgIpc) is 2.30. The van der Waals surface area contributed by atoms with Gasteiger partial charge >= 0.3 is 0 Å². The van der Waals surface area contributed by atoms with E-state index in [1.807, 2.05) is 0 Å². The van der Waals surface area contributed by atoms with Crippen LogP contribution in [0.2, 0.25) is 0 Å². The van der Waals surface area contributed by atoms with Crippen LogP contribution in [0, 0.1) is 5.92 Å². The monoisotopic (exact) mass is 225 g/mol. The minimum atomic E-state index is 0.819. The lowest BCUT2D eigenvalue weighted by atomic mass is 9.92. The Morgan fingerprint density at radius 1 is 1.12 bits per heavy atom. The fourth-order valence-corrected chi connectivity index (χ4v) is 3.34. The van der Waals surface area contributed by atoms with Crippen LogP contribution in [0.25, 0.3) is 0 Å². The van der Waals surface area contributed by atoms with E-state index >= 15 is 0 Å². The van der Waals surface area contributed by atoms with Gasteiger partial charge in [0.25, 0.3) is 0 Å². The van der Waals surface area contributed by atoms with E-state index in [2.05, 4.69) is 16.8 Å². The molecule has 0 amide bonds. The lowest BCUT2D eigenvalue weighted by molar-refractivity contribution is 0.0708. The largest absolute Gasteiger partial charge is 0.330 e. The van der Waals surface area contributed by atoms with Gasteiger partial charge in [0.15, 0.2) is 0 Å². The molecule has 3 heteroatoms. The molecule has 2 N–H and O–H groups in total. The Bertz CT molecular complexity index is 205. The molecular weight excluding hydrogens is 198 g/mol. The van der Waals surface area contributed by atoms with Crippen molar-refractivity contribution in [2.24, 2.45) is 11.7 Å². The van der Waals surface area contributed by atoms with Crippen molar-refractivity contribution in [2.45, 2.75) is 38.1 Å². The molecule has 0 saturated carbocycles.